The molecule has 0 aliphatic carbocycles. The number of hydrogen-bond donors (Lipinski definition) is 1. The second-order valence-corrected chi connectivity index (χ2v) is 4.46. The third kappa shape index (κ3) is 4.89. The minimum Gasteiger partial charge on any atom is -0.481 e. The Morgan fingerprint density at radius 2 is 1.95 bits per heavy atom. The lowest BCUT2D eigenvalue weighted by Crippen LogP contribution is -2.36. The minimum absolute atomic E-state index is 0.263. The highest BCUT2D eigenvalue weighted by molar-refractivity contribution is 5.79. The van der Waals surface area contributed by atoms with Gasteiger partial charge in [-0.15, -0.1) is 0 Å². The molecule has 0 unspecified atom stereocenters. The number of carbonyl (C=O) groups is 1. The highest BCUT2D eigenvalue weighted by Crippen LogP contribution is 2.13. The summed E-state index contributed by atoms with van der Waals surface area (Å²) in [6.45, 7) is 1.82. The topological polar surface area (TPSA) is 47.6 Å². The van der Waals surface area contributed by atoms with Gasteiger partial charge in [0.15, 0.2) is 6.10 Å². The Bertz CT molecular complexity index is 589. The van der Waals surface area contributed by atoms with Crippen LogP contribution >= 0.6 is 0 Å². The molecule has 0 aromatic heterocycles. The van der Waals surface area contributed by atoms with Crippen LogP contribution in [0.25, 0.3) is 0 Å². The van der Waals surface area contributed by atoms with Crippen LogP contribution in [0.3, 0.4) is 0 Å². The third-order valence-corrected chi connectivity index (χ3v) is 2.73. The van der Waals surface area contributed by atoms with Crippen LogP contribution in [0.1, 0.15) is 12.5 Å². The van der Waals surface area contributed by atoms with Gasteiger partial charge in [-0.05, 0) is 24.6 Å². The molecular weight excluding hydrogens is 273 g/mol. The van der Waals surface area contributed by atoms with Gasteiger partial charge in [-0.25, -0.2) is 9.87 Å². The van der Waals surface area contributed by atoms with Gasteiger partial charge in [-0.2, -0.15) is 0 Å². The predicted molar refractivity (Wildman–Crippen MR) is 75.9 cm³/mol. The number of halogens is 1. The van der Waals surface area contributed by atoms with Gasteiger partial charge < -0.3 is 4.74 Å². The zero-order valence-corrected chi connectivity index (χ0v) is 11.6. The van der Waals surface area contributed by atoms with E-state index < -0.39 is 17.8 Å². The molecule has 1 N–H and O–H groups in total. The predicted octanol–water partition coefficient (Wildman–Crippen LogP) is 2.84. The van der Waals surface area contributed by atoms with Crippen LogP contribution < -0.4 is 10.2 Å². The summed E-state index contributed by atoms with van der Waals surface area (Å²) in [4.78, 5) is 16.9. The van der Waals surface area contributed by atoms with E-state index in [1.165, 1.54) is 18.2 Å². The van der Waals surface area contributed by atoms with Crippen molar-refractivity contribution in [3.63, 3.8) is 0 Å². The van der Waals surface area contributed by atoms with Crippen molar-refractivity contribution in [2.45, 2.75) is 19.6 Å². The smallest absolute Gasteiger partial charge is 0.284 e. The summed E-state index contributed by atoms with van der Waals surface area (Å²) >= 11 is 0. The van der Waals surface area contributed by atoms with E-state index in [0.29, 0.717) is 5.75 Å². The SMILES string of the molecule is C[C@H](Oc1cccc(F)c1)C(=O)NOCc1ccccc1. The van der Waals surface area contributed by atoms with Crippen molar-refractivity contribution < 1.29 is 18.8 Å². The van der Waals surface area contributed by atoms with Gasteiger partial charge in [0.05, 0.1) is 6.61 Å². The van der Waals surface area contributed by atoms with Crippen LogP contribution in [0.2, 0.25) is 0 Å². The Hall–Kier alpha value is -2.40. The quantitative estimate of drug-likeness (QED) is 0.832. The van der Waals surface area contributed by atoms with E-state index in [1.54, 1.807) is 13.0 Å². The number of hydrogen-bond acceptors (Lipinski definition) is 3. The lowest BCUT2D eigenvalue weighted by molar-refractivity contribution is -0.141. The number of amides is 1. The number of hydroxylamine groups is 1. The van der Waals surface area contributed by atoms with Crippen LogP contribution in [0.5, 0.6) is 5.75 Å². The molecule has 0 saturated heterocycles. The lowest BCUT2D eigenvalue weighted by Gasteiger charge is -2.14. The Kier molecular flexibility index (Phi) is 5.29. The highest BCUT2D eigenvalue weighted by Gasteiger charge is 2.14. The summed E-state index contributed by atoms with van der Waals surface area (Å²) in [5.41, 5.74) is 3.25. The zero-order chi connectivity index (χ0) is 15.1. The summed E-state index contributed by atoms with van der Waals surface area (Å²) in [5, 5.41) is 0. The Labute approximate surface area is 122 Å². The molecule has 1 amide bonds. The second-order valence-electron chi connectivity index (χ2n) is 4.46. The largest absolute Gasteiger partial charge is 0.481 e. The number of nitrogens with one attached hydrogen (secondary N) is 1. The molecule has 21 heavy (non-hydrogen) atoms. The van der Waals surface area contributed by atoms with Gasteiger partial charge in [-0.3, -0.25) is 9.63 Å². The standard InChI is InChI=1S/C16H16FNO3/c1-12(21-15-9-5-8-14(17)10-15)16(19)18-20-11-13-6-3-2-4-7-13/h2-10,12H,11H2,1H3,(H,18,19)/t12-/m0/s1. The number of benzene rings is 2. The van der Waals surface area contributed by atoms with Crippen LogP contribution in [0.4, 0.5) is 4.39 Å². The fourth-order valence-electron chi connectivity index (χ4n) is 1.65. The van der Waals surface area contributed by atoms with E-state index in [1.807, 2.05) is 30.3 Å². The first-order chi connectivity index (χ1) is 10.1. The molecule has 2 aromatic rings. The number of ether oxygens (including phenoxy) is 1. The maximum atomic E-state index is 13.0. The molecule has 0 bridgehead atoms. The monoisotopic (exact) mass is 289 g/mol. The number of carbonyl (C=O) groups excluding carboxylic acids is 1. The highest BCUT2D eigenvalue weighted by atomic mass is 19.1. The van der Waals surface area contributed by atoms with Crippen LogP contribution in [-0.2, 0) is 16.2 Å². The van der Waals surface area contributed by atoms with Gasteiger partial charge in [-0.1, -0.05) is 36.4 Å². The summed E-state index contributed by atoms with van der Waals surface area (Å²) in [5.74, 6) is -0.559. The van der Waals surface area contributed by atoms with Crippen molar-refractivity contribution >= 4 is 5.91 Å². The first-order valence-electron chi connectivity index (χ1n) is 6.53. The van der Waals surface area contributed by atoms with E-state index in [4.69, 9.17) is 9.57 Å². The molecule has 0 aliphatic heterocycles. The Morgan fingerprint density at radius 1 is 1.19 bits per heavy atom. The molecule has 0 aliphatic rings. The summed E-state index contributed by atoms with van der Waals surface area (Å²) in [6, 6.07) is 15.1. The maximum absolute atomic E-state index is 13.0. The van der Waals surface area contributed by atoms with Crippen molar-refractivity contribution in [1.82, 2.24) is 5.48 Å². The van der Waals surface area contributed by atoms with Crippen molar-refractivity contribution in [3.05, 3.63) is 66.0 Å². The zero-order valence-electron chi connectivity index (χ0n) is 11.6. The van der Waals surface area contributed by atoms with Gasteiger partial charge in [0.1, 0.15) is 11.6 Å². The second kappa shape index (κ2) is 7.40. The average molecular weight is 289 g/mol. The summed E-state index contributed by atoms with van der Waals surface area (Å²) in [7, 11) is 0. The van der Waals surface area contributed by atoms with Gasteiger partial charge in [0.25, 0.3) is 5.91 Å². The van der Waals surface area contributed by atoms with E-state index in [0.717, 1.165) is 5.56 Å². The molecule has 0 saturated carbocycles. The molecule has 0 heterocycles. The van der Waals surface area contributed by atoms with Crippen LogP contribution in [-0.4, -0.2) is 12.0 Å². The molecule has 5 heteroatoms. The molecule has 0 radical (unpaired) electrons. The molecule has 0 fully saturated rings. The molecule has 110 valence electrons. The molecule has 1 atom stereocenters. The number of rotatable bonds is 6. The third-order valence-electron chi connectivity index (χ3n) is 2.73. The molecular formula is C16H16FNO3. The minimum atomic E-state index is -0.789. The van der Waals surface area contributed by atoms with Crippen LogP contribution in [0, 0.1) is 5.82 Å². The van der Waals surface area contributed by atoms with Gasteiger partial charge in [0.2, 0.25) is 0 Å². The summed E-state index contributed by atoms with van der Waals surface area (Å²) < 4.78 is 18.3. The lowest BCUT2D eigenvalue weighted by atomic mass is 10.2. The van der Waals surface area contributed by atoms with Crippen molar-refractivity contribution in [1.29, 1.82) is 0 Å². The van der Waals surface area contributed by atoms with Gasteiger partial charge in [0, 0.05) is 6.07 Å². The Morgan fingerprint density at radius 3 is 2.67 bits per heavy atom. The van der Waals surface area contributed by atoms with Crippen molar-refractivity contribution in [2.75, 3.05) is 0 Å². The van der Waals surface area contributed by atoms with E-state index >= 15 is 0 Å². The average Bonchev–Trinajstić information content (AvgIpc) is 2.48. The van der Waals surface area contributed by atoms with Crippen molar-refractivity contribution in [3.8, 4) is 5.75 Å². The van der Waals surface area contributed by atoms with E-state index in [9.17, 15) is 9.18 Å². The van der Waals surface area contributed by atoms with E-state index in [-0.39, 0.29) is 6.61 Å². The van der Waals surface area contributed by atoms with Crippen molar-refractivity contribution in [2.24, 2.45) is 0 Å². The van der Waals surface area contributed by atoms with E-state index in [2.05, 4.69) is 5.48 Å². The normalized spacial score (nSPS) is 11.7. The Balaban J connectivity index is 1.77. The first-order valence-corrected chi connectivity index (χ1v) is 6.53. The van der Waals surface area contributed by atoms with Gasteiger partial charge >= 0.3 is 0 Å². The maximum Gasteiger partial charge on any atom is 0.284 e. The summed E-state index contributed by atoms with van der Waals surface area (Å²) in [6.07, 6.45) is -0.789. The van der Waals surface area contributed by atoms with Crippen LogP contribution in [0.15, 0.2) is 54.6 Å². The molecule has 2 aromatic carbocycles. The molecule has 2 rings (SSSR count). The fraction of sp³-hybridized carbons (Fsp3) is 0.188. The fourth-order valence-corrected chi connectivity index (χ4v) is 1.65. The first kappa shape index (κ1) is 15.0. The molecule has 0 spiro atoms. The molecule has 4 nitrogen and oxygen atoms in total.